The Morgan fingerprint density at radius 1 is 1.26 bits per heavy atom. The number of hydrogen-bond acceptors (Lipinski definition) is 3. The molecular formula is C20H32O3. The number of aldehydes is 1. The molecule has 0 radical (unpaired) electrons. The second kappa shape index (κ2) is 11.4. The van der Waals surface area contributed by atoms with Crippen molar-refractivity contribution in [3.05, 3.63) is 35.5 Å². The highest BCUT2D eigenvalue weighted by Gasteiger charge is 2.20. The zero-order valence-electron chi connectivity index (χ0n) is 15.0. The molecule has 3 heteroatoms. The second-order valence-corrected chi connectivity index (χ2v) is 6.54. The first-order chi connectivity index (χ1) is 11.0. The van der Waals surface area contributed by atoms with Gasteiger partial charge in [-0.05, 0) is 71.8 Å². The predicted octanol–water partition coefficient (Wildman–Crippen LogP) is 5.13. The Kier molecular flexibility index (Phi) is 9.81. The van der Waals surface area contributed by atoms with Gasteiger partial charge in [0.25, 0.3) is 0 Å². The van der Waals surface area contributed by atoms with E-state index in [1.54, 1.807) is 6.08 Å². The number of carbonyl (C=O) groups is 1. The largest absolute Gasteiger partial charge is 0.353 e. The van der Waals surface area contributed by atoms with Crippen molar-refractivity contribution in [3.63, 3.8) is 0 Å². The summed E-state index contributed by atoms with van der Waals surface area (Å²) < 4.78 is 11.7. The highest BCUT2D eigenvalue weighted by molar-refractivity contribution is 5.65. The lowest BCUT2D eigenvalue weighted by atomic mass is 10.0. The Hall–Kier alpha value is -1.19. The van der Waals surface area contributed by atoms with Crippen molar-refractivity contribution in [3.8, 4) is 0 Å². The molecule has 1 rings (SSSR count). The van der Waals surface area contributed by atoms with Crippen LogP contribution < -0.4 is 0 Å². The summed E-state index contributed by atoms with van der Waals surface area (Å²) in [5, 5.41) is 0. The average Bonchev–Trinajstić information content (AvgIpc) is 2.52. The summed E-state index contributed by atoms with van der Waals surface area (Å²) >= 11 is 0. The molecule has 23 heavy (non-hydrogen) atoms. The van der Waals surface area contributed by atoms with Crippen molar-refractivity contribution < 1.29 is 14.3 Å². The van der Waals surface area contributed by atoms with E-state index in [9.17, 15) is 4.79 Å². The van der Waals surface area contributed by atoms with Crippen molar-refractivity contribution in [2.24, 2.45) is 0 Å². The molecule has 1 aliphatic rings. The fourth-order valence-corrected chi connectivity index (χ4v) is 2.64. The first-order valence-electron chi connectivity index (χ1n) is 8.72. The minimum atomic E-state index is -0.0640. The third kappa shape index (κ3) is 8.87. The van der Waals surface area contributed by atoms with Crippen LogP contribution >= 0.6 is 0 Å². The minimum absolute atomic E-state index is 0.0640. The molecule has 1 heterocycles. The molecule has 0 spiro atoms. The topological polar surface area (TPSA) is 35.5 Å². The van der Waals surface area contributed by atoms with E-state index in [1.807, 2.05) is 13.8 Å². The summed E-state index contributed by atoms with van der Waals surface area (Å²) in [6.45, 7) is 11.0. The van der Waals surface area contributed by atoms with Crippen molar-refractivity contribution >= 4 is 6.29 Å². The van der Waals surface area contributed by atoms with Crippen LogP contribution in [-0.4, -0.2) is 25.3 Å². The van der Waals surface area contributed by atoms with Crippen LogP contribution in [0, 0.1) is 0 Å². The quantitative estimate of drug-likeness (QED) is 0.318. The zero-order valence-corrected chi connectivity index (χ0v) is 15.0. The smallest absolute Gasteiger partial charge is 0.158 e. The fourth-order valence-electron chi connectivity index (χ4n) is 2.64. The molecule has 0 aliphatic carbocycles. The van der Waals surface area contributed by atoms with Gasteiger partial charge >= 0.3 is 0 Å². The summed E-state index contributed by atoms with van der Waals surface area (Å²) in [6, 6.07) is 0. The molecule has 1 aliphatic heterocycles. The van der Waals surface area contributed by atoms with E-state index in [2.05, 4.69) is 19.6 Å². The van der Waals surface area contributed by atoms with Crippen LogP contribution in [0.4, 0.5) is 0 Å². The van der Waals surface area contributed by atoms with Crippen LogP contribution in [0.25, 0.3) is 0 Å². The van der Waals surface area contributed by atoms with E-state index in [0.717, 1.165) is 62.6 Å². The second-order valence-electron chi connectivity index (χ2n) is 6.54. The SMILES string of the molecule is C=C(C)C(CCC(C)=CCCC(C)=CC=O)OC1CCCCO1. The van der Waals surface area contributed by atoms with Gasteiger partial charge in [-0.1, -0.05) is 29.4 Å². The van der Waals surface area contributed by atoms with Gasteiger partial charge in [-0.15, -0.1) is 0 Å². The monoisotopic (exact) mass is 320 g/mol. The molecule has 0 aromatic heterocycles. The zero-order chi connectivity index (χ0) is 17.1. The number of rotatable bonds is 10. The fraction of sp³-hybridized carbons (Fsp3) is 0.650. The Labute approximate surface area is 141 Å². The molecule has 0 aromatic carbocycles. The molecule has 0 aromatic rings. The highest BCUT2D eigenvalue weighted by Crippen LogP contribution is 2.22. The standard InChI is InChI=1S/C20H32O3/c1-16(2)19(23-20-10-5-6-15-22-20)12-11-17(3)8-7-9-18(4)13-14-21/h8,13-14,19-20H,1,5-7,9-12,15H2,2-4H3. The minimum Gasteiger partial charge on any atom is -0.353 e. The summed E-state index contributed by atoms with van der Waals surface area (Å²) in [5.41, 5.74) is 3.56. The van der Waals surface area contributed by atoms with Gasteiger partial charge in [-0.2, -0.15) is 0 Å². The van der Waals surface area contributed by atoms with Crippen LogP contribution in [-0.2, 0) is 14.3 Å². The van der Waals surface area contributed by atoms with Gasteiger partial charge in [0.05, 0.1) is 6.10 Å². The van der Waals surface area contributed by atoms with Crippen LogP contribution in [0.1, 0.15) is 65.7 Å². The first-order valence-corrected chi connectivity index (χ1v) is 8.72. The highest BCUT2D eigenvalue weighted by atomic mass is 16.7. The maximum atomic E-state index is 10.4. The van der Waals surface area contributed by atoms with Crippen molar-refractivity contribution in [2.75, 3.05) is 6.61 Å². The van der Waals surface area contributed by atoms with Gasteiger partial charge in [0.2, 0.25) is 0 Å². The van der Waals surface area contributed by atoms with Crippen LogP contribution in [0.15, 0.2) is 35.5 Å². The van der Waals surface area contributed by atoms with E-state index in [0.29, 0.717) is 0 Å². The molecule has 0 N–H and O–H groups in total. The van der Waals surface area contributed by atoms with Gasteiger partial charge in [0.1, 0.15) is 6.29 Å². The maximum Gasteiger partial charge on any atom is 0.158 e. The first kappa shape index (κ1) is 19.9. The van der Waals surface area contributed by atoms with Gasteiger partial charge in [-0.3, -0.25) is 4.79 Å². The Bertz CT molecular complexity index is 428. The van der Waals surface area contributed by atoms with E-state index >= 15 is 0 Å². The lowest BCUT2D eigenvalue weighted by Crippen LogP contribution is -2.28. The number of ether oxygens (including phenoxy) is 2. The van der Waals surface area contributed by atoms with Crippen molar-refractivity contribution in [1.82, 2.24) is 0 Å². The summed E-state index contributed by atoms with van der Waals surface area (Å²) in [4.78, 5) is 10.4. The summed E-state index contributed by atoms with van der Waals surface area (Å²) in [6.07, 6.45) is 11.9. The normalized spacial score (nSPS) is 21.1. The van der Waals surface area contributed by atoms with E-state index in [4.69, 9.17) is 9.47 Å². The summed E-state index contributed by atoms with van der Waals surface area (Å²) in [5.74, 6) is 0. The molecule has 2 atom stereocenters. The van der Waals surface area contributed by atoms with Gasteiger partial charge in [-0.25, -0.2) is 0 Å². The molecule has 1 fully saturated rings. The predicted molar refractivity (Wildman–Crippen MR) is 95.3 cm³/mol. The van der Waals surface area contributed by atoms with Crippen LogP contribution in [0.5, 0.6) is 0 Å². The lowest BCUT2D eigenvalue weighted by molar-refractivity contribution is -0.181. The molecule has 0 saturated carbocycles. The molecule has 0 amide bonds. The molecule has 2 unspecified atom stereocenters. The van der Waals surface area contributed by atoms with Gasteiger partial charge < -0.3 is 9.47 Å². The Morgan fingerprint density at radius 2 is 2.04 bits per heavy atom. The Morgan fingerprint density at radius 3 is 2.65 bits per heavy atom. The molecule has 130 valence electrons. The molecule has 3 nitrogen and oxygen atoms in total. The van der Waals surface area contributed by atoms with Crippen LogP contribution in [0.2, 0.25) is 0 Å². The number of hydrogen-bond donors (Lipinski definition) is 0. The maximum absolute atomic E-state index is 10.4. The van der Waals surface area contributed by atoms with Gasteiger partial charge in [0, 0.05) is 6.61 Å². The Balaban J connectivity index is 2.36. The third-order valence-electron chi connectivity index (χ3n) is 4.19. The van der Waals surface area contributed by atoms with Crippen molar-refractivity contribution in [2.45, 2.75) is 78.1 Å². The van der Waals surface area contributed by atoms with Crippen molar-refractivity contribution in [1.29, 1.82) is 0 Å². The van der Waals surface area contributed by atoms with Gasteiger partial charge in [0.15, 0.2) is 6.29 Å². The van der Waals surface area contributed by atoms with E-state index in [1.165, 1.54) is 12.0 Å². The lowest BCUT2D eigenvalue weighted by Gasteiger charge is -2.28. The van der Waals surface area contributed by atoms with E-state index < -0.39 is 0 Å². The third-order valence-corrected chi connectivity index (χ3v) is 4.19. The van der Waals surface area contributed by atoms with E-state index in [-0.39, 0.29) is 12.4 Å². The van der Waals surface area contributed by atoms with Crippen LogP contribution in [0.3, 0.4) is 0 Å². The molecular weight excluding hydrogens is 288 g/mol. The average molecular weight is 320 g/mol. The number of allylic oxidation sites excluding steroid dienone is 4. The number of carbonyl (C=O) groups excluding carboxylic acids is 1. The summed E-state index contributed by atoms with van der Waals surface area (Å²) in [7, 11) is 0. The molecule has 0 bridgehead atoms. The molecule has 1 saturated heterocycles.